The highest BCUT2D eigenvalue weighted by Gasteiger charge is 2.57. The molecule has 1 atom stereocenters. The number of phosphoric ester groups is 1. The molecule has 3 saturated carbocycles. The fraction of sp³-hybridized carbons (Fsp3) is 0.417. The van der Waals surface area contributed by atoms with Gasteiger partial charge in [0.25, 0.3) is 11.8 Å². The number of carbonyl (C=O) groups is 2. The van der Waals surface area contributed by atoms with Crippen LogP contribution in [0.4, 0.5) is 8.78 Å². The number of ether oxygens (including phenoxy) is 2. The van der Waals surface area contributed by atoms with Crippen molar-refractivity contribution in [3.05, 3.63) is 58.1 Å². The molecule has 2 aromatic rings. The number of phosphoric acid groups is 1. The van der Waals surface area contributed by atoms with Crippen LogP contribution in [0.1, 0.15) is 32.1 Å². The van der Waals surface area contributed by atoms with Crippen LogP contribution in [0.25, 0.3) is 0 Å². The second-order valence-corrected chi connectivity index (χ2v) is 11.6. The minimum Gasteiger partial charge on any atom is -0.484 e. The highest BCUT2D eigenvalue weighted by Crippen LogP contribution is 2.52. The molecule has 2 aromatic carbocycles. The third-order valence-corrected chi connectivity index (χ3v) is 8.01. The van der Waals surface area contributed by atoms with E-state index >= 15 is 0 Å². The molecule has 0 aliphatic heterocycles. The van der Waals surface area contributed by atoms with Crippen molar-refractivity contribution in [1.82, 2.24) is 10.6 Å². The topological polar surface area (TPSA) is 143 Å². The molecule has 5 rings (SSSR count). The van der Waals surface area contributed by atoms with Crippen LogP contribution in [-0.4, -0.2) is 52.0 Å². The Balaban J connectivity index is 1.39. The van der Waals surface area contributed by atoms with Crippen LogP contribution in [0.2, 0.25) is 10.0 Å². The average molecular weight is 609 g/mol. The zero-order valence-electron chi connectivity index (χ0n) is 20.3. The van der Waals surface area contributed by atoms with Crippen molar-refractivity contribution in [3.8, 4) is 11.5 Å². The minimum atomic E-state index is -4.97. The molecule has 0 radical (unpaired) electrons. The predicted molar refractivity (Wildman–Crippen MR) is 136 cm³/mol. The molecule has 2 amide bonds. The third-order valence-electron chi connectivity index (χ3n) is 6.87. The number of amides is 2. The maximum absolute atomic E-state index is 13.6. The van der Waals surface area contributed by atoms with Crippen molar-refractivity contribution in [1.29, 1.82) is 0 Å². The molecular weight excluding hydrogens is 584 g/mol. The van der Waals surface area contributed by atoms with Crippen molar-refractivity contribution < 1.29 is 46.7 Å². The quantitative estimate of drug-likeness (QED) is 0.297. The Morgan fingerprint density at radius 1 is 0.897 bits per heavy atom. The number of rotatable bonds is 10. The Labute approximate surface area is 232 Å². The summed E-state index contributed by atoms with van der Waals surface area (Å²) in [7, 11) is -4.97. The molecule has 15 heteroatoms. The summed E-state index contributed by atoms with van der Waals surface area (Å²) >= 11 is 11.3. The van der Waals surface area contributed by atoms with Crippen LogP contribution in [0.15, 0.2) is 36.4 Å². The number of hydrogen-bond donors (Lipinski definition) is 4. The summed E-state index contributed by atoms with van der Waals surface area (Å²) in [6, 6.07) is 7.44. The van der Waals surface area contributed by atoms with E-state index in [1.165, 1.54) is 24.3 Å². The van der Waals surface area contributed by atoms with Crippen molar-refractivity contribution in [2.45, 2.75) is 49.3 Å². The van der Waals surface area contributed by atoms with E-state index in [9.17, 15) is 32.7 Å². The van der Waals surface area contributed by atoms with Crippen LogP contribution >= 0.6 is 31.0 Å². The van der Waals surface area contributed by atoms with Gasteiger partial charge in [-0.05, 0) is 56.4 Å². The van der Waals surface area contributed by atoms with Crippen LogP contribution in [0.5, 0.6) is 11.5 Å². The smallest absolute Gasteiger partial charge is 0.469 e. The summed E-state index contributed by atoms with van der Waals surface area (Å²) in [6.45, 7) is -0.923. The Hall–Kier alpha value is -2.47. The van der Waals surface area contributed by atoms with Gasteiger partial charge in [0.05, 0.1) is 21.7 Å². The Morgan fingerprint density at radius 3 is 1.85 bits per heavy atom. The van der Waals surface area contributed by atoms with Crippen LogP contribution in [0.3, 0.4) is 0 Å². The number of benzene rings is 2. The molecular formula is C24H25Cl2F2N2O8P. The van der Waals surface area contributed by atoms with Gasteiger partial charge in [0.15, 0.2) is 13.2 Å². The monoisotopic (exact) mass is 608 g/mol. The number of nitrogens with one attached hydrogen (secondary N) is 2. The summed E-state index contributed by atoms with van der Waals surface area (Å²) in [4.78, 5) is 44.4. The third kappa shape index (κ3) is 7.39. The maximum Gasteiger partial charge on any atom is 0.469 e. The summed E-state index contributed by atoms with van der Waals surface area (Å²) in [6.07, 6.45) is 0.0930. The first-order valence-electron chi connectivity index (χ1n) is 11.8. The van der Waals surface area contributed by atoms with E-state index in [2.05, 4.69) is 10.6 Å². The lowest BCUT2D eigenvalue weighted by Crippen LogP contribution is -2.71. The SMILES string of the molecule is O=C(COc1ccc(Cl)c(F)c1)NC12CCC(NC(=O)COc3ccc(Cl)c(F)c3)(CC1)[C@@H](OP(=O)(O)O)C2. The van der Waals surface area contributed by atoms with Gasteiger partial charge in [-0.25, -0.2) is 13.3 Å². The van der Waals surface area contributed by atoms with Gasteiger partial charge in [0, 0.05) is 17.7 Å². The lowest BCUT2D eigenvalue weighted by Gasteiger charge is -2.57. The summed E-state index contributed by atoms with van der Waals surface area (Å²) in [5.41, 5.74) is -1.99. The minimum absolute atomic E-state index is 0.00293. The van der Waals surface area contributed by atoms with Crippen LogP contribution < -0.4 is 20.1 Å². The first-order valence-corrected chi connectivity index (χ1v) is 14.1. The largest absolute Gasteiger partial charge is 0.484 e. The second kappa shape index (κ2) is 11.6. The van der Waals surface area contributed by atoms with Crippen molar-refractivity contribution >= 4 is 42.8 Å². The van der Waals surface area contributed by atoms with Crippen molar-refractivity contribution in [2.24, 2.45) is 0 Å². The number of halogens is 4. The van der Waals surface area contributed by atoms with Crippen LogP contribution in [-0.2, 0) is 18.7 Å². The van der Waals surface area contributed by atoms with Gasteiger partial charge < -0.3 is 29.9 Å². The van der Waals surface area contributed by atoms with Crippen molar-refractivity contribution in [2.75, 3.05) is 13.2 Å². The molecule has 0 aromatic heterocycles. The summed E-state index contributed by atoms with van der Waals surface area (Å²) in [5.74, 6) is -2.37. The molecule has 3 fully saturated rings. The standard InChI is InChI=1S/C24H25Cl2F2N2O8P/c25-16-3-1-14(9-18(16)27)36-12-21(31)29-23-5-7-24(8-6-23,20(11-23)38-39(33,34)35)30-22(32)13-37-15-2-4-17(26)19(28)10-15/h1-4,9-10,20H,5-8,11-13H2,(H,29,31)(H,30,32)(H2,33,34,35)/t20-,23?,24?/m0/s1. The van der Waals surface area contributed by atoms with Gasteiger partial charge in [0.1, 0.15) is 23.1 Å². The average Bonchev–Trinajstić information content (AvgIpc) is 2.85. The zero-order valence-corrected chi connectivity index (χ0v) is 22.7. The molecule has 0 heterocycles. The Morgan fingerprint density at radius 2 is 1.38 bits per heavy atom. The van der Waals surface area contributed by atoms with E-state index in [1.54, 1.807) is 0 Å². The van der Waals surface area contributed by atoms with E-state index in [-0.39, 0.29) is 40.8 Å². The molecule has 4 N–H and O–H groups in total. The highest BCUT2D eigenvalue weighted by molar-refractivity contribution is 7.46. The lowest BCUT2D eigenvalue weighted by molar-refractivity contribution is -0.136. The molecule has 0 saturated heterocycles. The molecule has 2 bridgehead atoms. The van der Waals surface area contributed by atoms with E-state index in [4.69, 9.17) is 37.2 Å². The molecule has 3 aliphatic rings. The predicted octanol–water partition coefficient (Wildman–Crippen LogP) is 3.90. The van der Waals surface area contributed by atoms with Gasteiger partial charge in [-0.15, -0.1) is 0 Å². The number of hydrogen-bond acceptors (Lipinski definition) is 6. The van der Waals surface area contributed by atoms with Gasteiger partial charge >= 0.3 is 7.82 Å². The van der Waals surface area contributed by atoms with Gasteiger partial charge in [-0.2, -0.15) is 0 Å². The fourth-order valence-corrected chi connectivity index (χ4v) is 5.86. The highest BCUT2D eigenvalue weighted by atomic mass is 35.5. The van der Waals surface area contributed by atoms with E-state index < -0.39 is 61.7 Å². The zero-order chi connectivity index (χ0) is 28.4. The molecule has 39 heavy (non-hydrogen) atoms. The Bertz CT molecular complexity index is 1300. The normalized spacial score (nSPS) is 24.2. The fourth-order valence-electron chi connectivity index (χ4n) is 5.01. The first-order chi connectivity index (χ1) is 18.3. The lowest BCUT2D eigenvalue weighted by atomic mass is 9.60. The van der Waals surface area contributed by atoms with Crippen molar-refractivity contribution in [3.63, 3.8) is 0 Å². The first kappa shape index (κ1) is 29.5. The Kier molecular flexibility index (Phi) is 8.75. The second-order valence-electron chi connectivity index (χ2n) is 9.55. The molecule has 212 valence electrons. The summed E-state index contributed by atoms with van der Waals surface area (Å²) in [5, 5.41) is 5.44. The van der Waals surface area contributed by atoms with E-state index in [1.807, 2.05) is 0 Å². The molecule has 3 aliphatic carbocycles. The van der Waals surface area contributed by atoms with Gasteiger partial charge in [-0.3, -0.25) is 14.1 Å². The van der Waals surface area contributed by atoms with Gasteiger partial charge in [0.2, 0.25) is 0 Å². The van der Waals surface area contributed by atoms with E-state index in [0.29, 0.717) is 12.8 Å². The molecule has 10 nitrogen and oxygen atoms in total. The molecule has 0 unspecified atom stereocenters. The number of fused-ring (bicyclic) bond motifs is 3. The van der Waals surface area contributed by atoms with Gasteiger partial charge in [-0.1, -0.05) is 23.2 Å². The molecule has 0 spiro atoms. The van der Waals surface area contributed by atoms with E-state index in [0.717, 1.165) is 12.1 Å². The maximum atomic E-state index is 13.6. The summed E-state index contributed by atoms with van der Waals surface area (Å²) < 4.78 is 54.8. The number of carbonyl (C=O) groups excluding carboxylic acids is 2. The van der Waals surface area contributed by atoms with Crippen LogP contribution in [0, 0.1) is 11.6 Å².